The molecule has 0 spiro atoms. The minimum atomic E-state index is -0.502. The number of hydrogen-bond acceptors (Lipinski definition) is 6. The highest BCUT2D eigenvalue weighted by atomic mass is 16.5. The molecule has 3 aromatic rings. The van der Waals surface area contributed by atoms with E-state index in [1.54, 1.807) is 18.2 Å². The summed E-state index contributed by atoms with van der Waals surface area (Å²) >= 11 is 0. The van der Waals surface area contributed by atoms with Gasteiger partial charge in [0.15, 0.2) is 11.4 Å². The van der Waals surface area contributed by atoms with Gasteiger partial charge in [0.2, 0.25) is 0 Å². The quantitative estimate of drug-likeness (QED) is 0.782. The third-order valence-electron chi connectivity index (χ3n) is 4.23. The van der Waals surface area contributed by atoms with Crippen LogP contribution in [0.5, 0.6) is 0 Å². The SMILES string of the molecule is O=C(NC1CCCC1)c1nc(Cn2c(=O)oc3ccccc32)no1. The number of carbonyl (C=O) groups is 1. The Kier molecular flexibility index (Phi) is 3.64. The van der Waals surface area contributed by atoms with Crippen molar-refractivity contribution in [3.63, 3.8) is 0 Å². The average molecular weight is 328 g/mol. The van der Waals surface area contributed by atoms with E-state index in [2.05, 4.69) is 15.5 Å². The number of oxazole rings is 1. The van der Waals surface area contributed by atoms with E-state index in [4.69, 9.17) is 8.94 Å². The molecule has 2 aromatic heterocycles. The first kappa shape index (κ1) is 14.7. The van der Waals surface area contributed by atoms with Crippen LogP contribution in [0, 0.1) is 0 Å². The van der Waals surface area contributed by atoms with Crippen LogP contribution in [0.1, 0.15) is 42.2 Å². The van der Waals surface area contributed by atoms with Gasteiger partial charge in [0.25, 0.3) is 0 Å². The third-order valence-corrected chi connectivity index (χ3v) is 4.23. The van der Waals surface area contributed by atoms with Crippen LogP contribution in [0.2, 0.25) is 0 Å². The number of nitrogens with one attached hydrogen (secondary N) is 1. The predicted molar refractivity (Wildman–Crippen MR) is 83.6 cm³/mol. The molecule has 0 atom stereocenters. The summed E-state index contributed by atoms with van der Waals surface area (Å²) in [5.41, 5.74) is 1.13. The lowest BCUT2D eigenvalue weighted by Gasteiger charge is -2.08. The van der Waals surface area contributed by atoms with Crippen molar-refractivity contribution in [2.24, 2.45) is 0 Å². The molecule has 1 fully saturated rings. The maximum Gasteiger partial charge on any atom is 0.420 e. The molecular weight excluding hydrogens is 312 g/mol. The number of nitrogens with zero attached hydrogens (tertiary/aromatic N) is 3. The zero-order valence-corrected chi connectivity index (χ0v) is 12.9. The molecule has 8 heteroatoms. The molecule has 2 heterocycles. The first-order valence-electron chi connectivity index (χ1n) is 7.92. The monoisotopic (exact) mass is 328 g/mol. The molecule has 1 amide bonds. The highest BCUT2D eigenvalue weighted by Gasteiger charge is 2.22. The van der Waals surface area contributed by atoms with Crippen molar-refractivity contribution >= 4 is 17.0 Å². The number of rotatable bonds is 4. The molecule has 0 bridgehead atoms. The lowest BCUT2D eigenvalue weighted by Crippen LogP contribution is -2.32. The molecule has 4 rings (SSSR count). The van der Waals surface area contributed by atoms with Gasteiger partial charge in [-0.25, -0.2) is 4.79 Å². The molecule has 24 heavy (non-hydrogen) atoms. The smallest absolute Gasteiger partial charge is 0.408 e. The number of hydrogen-bond donors (Lipinski definition) is 1. The molecule has 0 aliphatic heterocycles. The second-order valence-corrected chi connectivity index (χ2v) is 5.89. The van der Waals surface area contributed by atoms with Crippen molar-refractivity contribution in [3.05, 3.63) is 46.5 Å². The second-order valence-electron chi connectivity index (χ2n) is 5.89. The van der Waals surface area contributed by atoms with Crippen molar-refractivity contribution in [1.29, 1.82) is 0 Å². The predicted octanol–water partition coefficient (Wildman–Crippen LogP) is 1.70. The minimum Gasteiger partial charge on any atom is -0.408 e. The number of amides is 1. The summed E-state index contributed by atoms with van der Waals surface area (Å²) in [5, 5.41) is 6.67. The van der Waals surface area contributed by atoms with Gasteiger partial charge in [0, 0.05) is 6.04 Å². The number of benzene rings is 1. The molecule has 1 saturated carbocycles. The first-order chi connectivity index (χ1) is 11.7. The van der Waals surface area contributed by atoms with Gasteiger partial charge in [-0.2, -0.15) is 4.98 Å². The van der Waals surface area contributed by atoms with E-state index in [0.29, 0.717) is 11.1 Å². The zero-order valence-electron chi connectivity index (χ0n) is 12.9. The molecule has 1 aromatic carbocycles. The minimum absolute atomic E-state index is 0.0794. The average Bonchev–Trinajstić information content (AvgIpc) is 3.29. The van der Waals surface area contributed by atoms with Gasteiger partial charge in [-0.1, -0.05) is 30.1 Å². The van der Waals surface area contributed by atoms with Crippen LogP contribution in [0.4, 0.5) is 0 Å². The van der Waals surface area contributed by atoms with Gasteiger partial charge < -0.3 is 14.3 Å². The van der Waals surface area contributed by atoms with E-state index in [1.165, 1.54) is 4.57 Å². The number of fused-ring (bicyclic) bond motifs is 1. The molecule has 124 valence electrons. The molecule has 0 unspecified atom stereocenters. The van der Waals surface area contributed by atoms with E-state index < -0.39 is 5.76 Å². The van der Waals surface area contributed by atoms with Crippen LogP contribution >= 0.6 is 0 Å². The maximum atomic E-state index is 12.1. The number of para-hydroxylation sites is 2. The van der Waals surface area contributed by atoms with Crippen LogP contribution in [0.3, 0.4) is 0 Å². The zero-order chi connectivity index (χ0) is 16.5. The van der Waals surface area contributed by atoms with E-state index in [0.717, 1.165) is 25.7 Å². The standard InChI is InChI=1S/C16H16N4O4/c21-14(17-10-5-1-2-6-10)15-18-13(19-24-15)9-20-11-7-3-4-8-12(11)23-16(20)22/h3-4,7-8,10H,1-2,5-6,9H2,(H,17,21). The lowest BCUT2D eigenvalue weighted by atomic mass is 10.2. The van der Waals surface area contributed by atoms with Crippen LogP contribution in [-0.4, -0.2) is 26.7 Å². The Morgan fingerprint density at radius 2 is 2.08 bits per heavy atom. The van der Waals surface area contributed by atoms with Gasteiger partial charge in [0.1, 0.15) is 0 Å². The van der Waals surface area contributed by atoms with Crippen LogP contribution < -0.4 is 11.1 Å². The molecule has 1 N–H and O–H groups in total. The van der Waals surface area contributed by atoms with E-state index >= 15 is 0 Å². The van der Waals surface area contributed by atoms with Crippen molar-refractivity contribution in [1.82, 2.24) is 20.0 Å². The fourth-order valence-electron chi connectivity index (χ4n) is 3.03. The Morgan fingerprint density at radius 3 is 2.92 bits per heavy atom. The maximum absolute atomic E-state index is 12.1. The van der Waals surface area contributed by atoms with E-state index in [-0.39, 0.29) is 30.2 Å². The van der Waals surface area contributed by atoms with Crippen molar-refractivity contribution in [3.8, 4) is 0 Å². The fourth-order valence-corrected chi connectivity index (χ4v) is 3.03. The summed E-state index contributed by atoms with van der Waals surface area (Å²) in [6.45, 7) is 0.0794. The molecule has 8 nitrogen and oxygen atoms in total. The lowest BCUT2D eigenvalue weighted by molar-refractivity contribution is 0.0893. The third kappa shape index (κ3) is 2.70. The van der Waals surface area contributed by atoms with Crippen LogP contribution in [-0.2, 0) is 6.54 Å². The highest BCUT2D eigenvalue weighted by Crippen LogP contribution is 2.18. The van der Waals surface area contributed by atoms with Crippen molar-refractivity contribution in [2.75, 3.05) is 0 Å². The largest absolute Gasteiger partial charge is 0.420 e. The van der Waals surface area contributed by atoms with E-state index in [1.807, 2.05) is 6.07 Å². The summed E-state index contributed by atoms with van der Waals surface area (Å²) in [6, 6.07) is 7.26. The second kappa shape index (κ2) is 5.95. The van der Waals surface area contributed by atoms with Crippen molar-refractivity contribution in [2.45, 2.75) is 38.3 Å². The fraction of sp³-hybridized carbons (Fsp3) is 0.375. The first-order valence-corrected chi connectivity index (χ1v) is 7.92. The number of carbonyl (C=O) groups excluding carboxylic acids is 1. The Hall–Kier alpha value is -2.90. The Bertz CT molecular complexity index is 933. The number of aromatic nitrogens is 3. The Labute approximate surface area is 136 Å². The Morgan fingerprint density at radius 1 is 1.29 bits per heavy atom. The molecule has 1 aliphatic rings. The molecule has 0 radical (unpaired) electrons. The molecule has 0 saturated heterocycles. The van der Waals surface area contributed by atoms with Gasteiger partial charge in [-0.15, -0.1) is 0 Å². The highest BCUT2D eigenvalue weighted by molar-refractivity contribution is 5.89. The van der Waals surface area contributed by atoms with Gasteiger partial charge >= 0.3 is 17.6 Å². The topological polar surface area (TPSA) is 103 Å². The van der Waals surface area contributed by atoms with Gasteiger partial charge in [-0.3, -0.25) is 9.36 Å². The summed E-state index contributed by atoms with van der Waals surface area (Å²) < 4.78 is 11.6. The summed E-state index contributed by atoms with van der Waals surface area (Å²) in [5.74, 6) is -0.707. The molecular formula is C16H16N4O4. The van der Waals surface area contributed by atoms with Crippen LogP contribution in [0.25, 0.3) is 11.1 Å². The van der Waals surface area contributed by atoms with Crippen LogP contribution in [0.15, 0.2) is 38.0 Å². The summed E-state index contributed by atoms with van der Waals surface area (Å²) in [7, 11) is 0. The normalized spacial score (nSPS) is 15.2. The molecule has 1 aliphatic carbocycles. The van der Waals surface area contributed by atoms with E-state index in [9.17, 15) is 9.59 Å². The van der Waals surface area contributed by atoms with Crippen molar-refractivity contribution < 1.29 is 13.7 Å². The van der Waals surface area contributed by atoms with Gasteiger partial charge in [0.05, 0.1) is 12.1 Å². The Balaban J connectivity index is 1.53. The summed E-state index contributed by atoms with van der Waals surface area (Å²) in [6.07, 6.45) is 4.19. The summed E-state index contributed by atoms with van der Waals surface area (Å²) in [4.78, 5) is 28.1. The van der Waals surface area contributed by atoms with Gasteiger partial charge in [-0.05, 0) is 25.0 Å².